The molecule has 2 aromatic carbocycles. The van der Waals surface area contributed by atoms with Crippen LogP contribution in [0.15, 0.2) is 48.5 Å². The molecule has 3 heteroatoms. The van der Waals surface area contributed by atoms with Crippen molar-refractivity contribution in [1.29, 1.82) is 0 Å². The number of benzene rings is 2. The molecular formula is C18H15NO2. The molecule has 1 aliphatic rings. The summed E-state index contributed by atoms with van der Waals surface area (Å²) < 4.78 is 10.8. The van der Waals surface area contributed by atoms with E-state index in [1.165, 1.54) is 16.5 Å². The largest absolute Gasteiger partial charge is 0.454 e. The summed E-state index contributed by atoms with van der Waals surface area (Å²) in [5.41, 5.74) is 4.57. The van der Waals surface area contributed by atoms with E-state index in [0.29, 0.717) is 6.79 Å². The topological polar surface area (TPSA) is 31.4 Å². The maximum atomic E-state index is 5.44. The molecule has 1 aromatic heterocycles. The SMILES string of the molecule is Cc1nc2ccccc2cc1Cc1ccc2c(c1)OCO2. The second kappa shape index (κ2) is 4.77. The van der Waals surface area contributed by atoms with Gasteiger partial charge in [-0.15, -0.1) is 0 Å². The molecular weight excluding hydrogens is 262 g/mol. The third-order valence-corrected chi connectivity index (χ3v) is 3.85. The van der Waals surface area contributed by atoms with Crippen LogP contribution in [0.2, 0.25) is 0 Å². The molecule has 104 valence electrons. The van der Waals surface area contributed by atoms with Crippen molar-refractivity contribution in [2.45, 2.75) is 13.3 Å². The fraction of sp³-hybridized carbons (Fsp3) is 0.167. The van der Waals surface area contributed by atoms with Crippen LogP contribution < -0.4 is 9.47 Å². The van der Waals surface area contributed by atoms with Crippen molar-refractivity contribution in [3.63, 3.8) is 0 Å². The highest BCUT2D eigenvalue weighted by Crippen LogP contribution is 2.33. The van der Waals surface area contributed by atoms with Crippen LogP contribution in [-0.2, 0) is 6.42 Å². The highest BCUT2D eigenvalue weighted by molar-refractivity contribution is 5.79. The van der Waals surface area contributed by atoms with Crippen LogP contribution in [0.3, 0.4) is 0 Å². The molecule has 2 heterocycles. The Balaban J connectivity index is 1.72. The minimum Gasteiger partial charge on any atom is -0.454 e. The summed E-state index contributed by atoms with van der Waals surface area (Å²) in [6, 6.07) is 16.6. The quantitative estimate of drug-likeness (QED) is 0.712. The molecule has 0 saturated heterocycles. The van der Waals surface area contributed by atoms with Crippen molar-refractivity contribution in [2.75, 3.05) is 6.79 Å². The average Bonchev–Trinajstić information content (AvgIpc) is 2.95. The first kappa shape index (κ1) is 12.2. The Labute approximate surface area is 123 Å². The number of para-hydroxylation sites is 1. The van der Waals surface area contributed by atoms with E-state index in [1.807, 2.05) is 24.3 Å². The van der Waals surface area contributed by atoms with Crippen molar-refractivity contribution in [1.82, 2.24) is 4.98 Å². The van der Waals surface area contributed by atoms with E-state index in [9.17, 15) is 0 Å². The van der Waals surface area contributed by atoms with Crippen LogP contribution in [0.5, 0.6) is 11.5 Å². The van der Waals surface area contributed by atoms with Gasteiger partial charge >= 0.3 is 0 Å². The standard InChI is InChI=1S/C18H15NO2/c1-12-15(10-14-4-2-3-5-16(14)19-12)8-13-6-7-17-18(9-13)21-11-20-17/h2-7,9-10H,8,11H2,1H3. The molecule has 0 N–H and O–H groups in total. The van der Waals surface area contributed by atoms with Crippen LogP contribution in [0, 0.1) is 6.92 Å². The predicted molar refractivity (Wildman–Crippen MR) is 81.9 cm³/mol. The van der Waals surface area contributed by atoms with Crippen molar-refractivity contribution >= 4 is 10.9 Å². The maximum Gasteiger partial charge on any atom is 0.231 e. The van der Waals surface area contributed by atoms with E-state index in [1.54, 1.807) is 0 Å². The summed E-state index contributed by atoms with van der Waals surface area (Å²) in [5.74, 6) is 1.66. The Morgan fingerprint density at radius 2 is 1.86 bits per heavy atom. The Morgan fingerprint density at radius 1 is 1.00 bits per heavy atom. The fourth-order valence-corrected chi connectivity index (χ4v) is 2.71. The lowest BCUT2D eigenvalue weighted by Gasteiger charge is -2.08. The third kappa shape index (κ3) is 2.21. The monoisotopic (exact) mass is 277 g/mol. The number of fused-ring (bicyclic) bond motifs is 2. The van der Waals surface area contributed by atoms with Gasteiger partial charge in [-0.05, 0) is 48.7 Å². The summed E-state index contributed by atoms with van der Waals surface area (Å²) in [5, 5.41) is 1.18. The van der Waals surface area contributed by atoms with Crippen LogP contribution in [0.1, 0.15) is 16.8 Å². The summed E-state index contributed by atoms with van der Waals surface area (Å²) in [4.78, 5) is 4.69. The number of aryl methyl sites for hydroxylation is 1. The number of rotatable bonds is 2. The van der Waals surface area contributed by atoms with E-state index in [4.69, 9.17) is 9.47 Å². The van der Waals surface area contributed by atoms with E-state index in [-0.39, 0.29) is 0 Å². The van der Waals surface area contributed by atoms with E-state index >= 15 is 0 Å². The van der Waals surface area contributed by atoms with Crippen LogP contribution in [0.4, 0.5) is 0 Å². The second-order valence-corrected chi connectivity index (χ2v) is 5.29. The van der Waals surface area contributed by atoms with Gasteiger partial charge < -0.3 is 9.47 Å². The van der Waals surface area contributed by atoms with Crippen molar-refractivity contribution in [3.05, 3.63) is 65.4 Å². The molecule has 0 spiro atoms. The van der Waals surface area contributed by atoms with Crippen LogP contribution in [0.25, 0.3) is 10.9 Å². The van der Waals surface area contributed by atoms with Gasteiger partial charge in [0.15, 0.2) is 11.5 Å². The molecule has 21 heavy (non-hydrogen) atoms. The van der Waals surface area contributed by atoms with Gasteiger partial charge in [0.1, 0.15) is 0 Å². The van der Waals surface area contributed by atoms with Gasteiger partial charge in [0.2, 0.25) is 6.79 Å². The third-order valence-electron chi connectivity index (χ3n) is 3.85. The molecule has 3 aromatic rings. The summed E-state index contributed by atoms with van der Waals surface area (Å²) in [7, 11) is 0. The number of nitrogens with zero attached hydrogens (tertiary/aromatic N) is 1. The van der Waals surface area contributed by atoms with Crippen LogP contribution >= 0.6 is 0 Å². The van der Waals surface area contributed by atoms with Crippen LogP contribution in [-0.4, -0.2) is 11.8 Å². The average molecular weight is 277 g/mol. The number of pyridine rings is 1. The lowest BCUT2D eigenvalue weighted by molar-refractivity contribution is 0.174. The number of aromatic nitrogens is 1. The summed E-state index contributed by atoms with van der Waals surface area (Å²) in [6.07, 6.45) is 0.848. The van der Waals surface area contributed by atoms with Crippen molar-refractivity contribution in [3.8, 4) is 11.5 Å². The number of hydrogen-bond acceptors (Lipinski definition) is 3. The van der Waals surface area contributed by atoms with Gasteiger partial charge in [-0.2, -0.15) is 0 Å². The Hall–Kier alpha value is -2.55. The lowest BCUT2D eigenvalue weighted by atomic mass is 10.0. The highest BCUT2D eigenvalue weighted by Gasteiger charge is 2.14. The van der Waals surface area contributed by atoms with Gasteiger partial charge in [0.05, 0.1) is 5.52 Å². The molecule has 1 aliphatic heterocycles. The zero-order chi connectivity index (χ0) is 14.2. The van der Waals surface area contributed by atoms with Gasteiger partial charge in [-0.25, -0.2) is 0 Å². The molecule has 0 radical (unpaired) electrons. The normalized spacial score (nSPS) is 12.8. The van der Waals surface area contributed by atoms with Gasteiger partial charge in [-0.1, -0.05) is 24.3 Å². The first-order chi connectivity index (χ1) is 10.3. The first-order valence-corrected chi connectivity index (χ1v) is 7.03. The highest BCUT2D eigenvalue weighted by atomic mass is 16.7. The van der Waals surface area contributed by atoms with Gasteiger partial charge in [0.25, 0.3) is 0 Å². The predicted octanol–water partition coefficient (Wildman–Crippen LogP) is 3.86. The Kier molecular flexibility index (Phi) is 2.78. The summed E-state index contributed by atoms with van der Waals surface area (Å²) >= 11 is 0. The summed E-state index contributed by atoms with van der Waals surface area (Å²) in [6.45, 7) is 2.38. The first-order valence-electron chi connectivity index (χ1n) is 7.03. The number of ether oxygens (including phenoxy) is 2. The Bertz CT molecular complexity index is 827. The zero-order valence-corrected chi connectivity index (χ0v) is 11.8. The van der Waals surface area contributed by atoms with Crippen molar-refractivity contribution in [2.24, 2.45) is 0 Å². The van der Waals surface area contributed by atoms with Crippen molar-refractivity contribution < 1.29 is 9.47 Å². The molecule has 0 bridgehead atoms. The van der Waals surface area contributed by atoms with E-state index in [2.05, 4.69) is 36.2 Å². The molecule has 0 atom stereocenters. The van der Waals surface area contributed by atoms with Gasteiger partial charge in [0, 0.05) is 11.1 Å². The zero-order valence-electron chi connectivity index (χ0n) is 11.8. The molecule has 0 saturated carbocycles. The minimum absolute atomic E-state index is 0.315. The van der Waals surface area contributed by atoms with Gasteiger partial charge in [-0.3, -0.25) is 4.98 Å². The molecule has 0 amide bonds. The molecule has 3 nitrogen and oxygen atoms in total. The van der Waals surface area contributed by atoms with E-state index < -0.39 is 0 Å². The molecule has 4 rings (SSSR count). The molecule has 0 unspecified atom stereocenters. The Morgan fingerprint density at radius 3 is 2.81 bits per heavy atom. The smallest absolute Gasteiger partial charge is 0.231 e. The minimum atomic E-state index is 0.315. The molecule has 0 fully saturated rings. The maximum absolute atomic E-state index is 5.44. The second-order valence-electron chi connectivity index (χ2n) is 5.29. The molecule has 0 aliphatic carbocycles. The fourth-order valence-electron chi connectivity index (χ4n) is 2.71. The lowest BCUT2D eigenvalue weighted by Crippen LogP contribution is -1.96. The van der Waals surface area contributed by atoms with E-state index in [0.717, 1.165) is 29.1 Å². The number of hydrogen-bond donors (Lipinski definition) is 0.